The van der Waals surface area contributed by atoms with Crippen LogP contribution in [0.15, 0.2) is 35.7 Å². The largest absolute Gasteiger partial charge is 0.481 e. The van der Waals surface area contributed by atoms with Crippen molar-refractivity contribution < 1.29 is 14.7 Å². The molecule has 1 heterocycles. The van der Waals surface area contributed by atoms with Gasteiger partial charge in [-0.3, -0.25) is 9.59 Å². The second-order valence-corrected chi connectivity index (χ2v) is 4.93. The fourth-order valence-corrected chi connectivity index (χ4v) is 2.52. The number of carbonyl (C=O) groups excluding carboxylic acids is 1. The zero-order chi connectivity index (χ0) is 13.1. The summed E-state index contributed by atoms with van der Waals surface area (Å²) in [5.41, 5.74) is 1.92. The minimum atomic E-state index is -0.926. The molecule has 0 bridgehead atoms. The number of carboxylic acid groups (broad SMARTS) is 1. The number of hydrogen-bond acceptors (Lipinski definition) is 3. The zero-order valence-corrected chi connectivity index (χ0v) is 10.7. The average Bonchev–Trinajstić information content (AvgIpc) is 2.84. The number of rotatable bonds is 4. The van der Waals surface area contributed by atoms with Gasteiger partial charge in [0, 0.05) is 5.56 Å². The third-order valence-corrected chi connectivity index (χ3v) is 3.60. The molecule has 0 aliphatic heterocycles. The summed E-state index contributed by atoms with van der Waals surface area (Å²) < 4.78 is 0. The summed E-state index contributed by atoms with van der Waals surface area (Å²) in [4.78, 5) is 23.8. The van der Waals surface area contributed by atoms with Crippen LogP contribution in [0.2, 0.25) is 0 Å². The van der Waals surface area contributed by atoms with Gasteiger partial charge in [-0.2, -0.15) is 0 Å². The maximum absolute atomic E-state index is 12.3. The Morgan fingerprint density at radius 1 is 1.22 bits per heavy atom. The van der Waals surface area contributed by atoms with Crippen molar-refractivity contribution in [2.75, 3.05) is 0 Å². The molecular formula is C14H12O3S. The highest BCUT2D eigenvalue weighted by molar-refractivity contribution is 7.12. The first-order valence-corrected chi connectivity index (χ1v) is 6.36. The molecule has 4 heteroatoms. The summed E-state index contributed by atoms with van der Waals surface area (Å²) >= 11 is 1.36. The fourth-order valence-electron chi connectivity index (χ4n) is 1.84. The van der Waals surface area contributed by atoms with Crippen molar-refractivity contribution in [3.8, 4) is 0 Å². The molecular weight excluding hydrogens is 248 g/mol. The van der Waals surface area contributed by atoms with Crippen LogP contribution in [0.3, 0.4) is 0 Å². The molecule has 0 spiro atoms. The van der Waals surface area contributed by atoms with E-state index >= 15 is 0 Å². The van der Waals surface area contributed by atoms with Crippen molar-refractivity contribution in [3.05, 3.63) is 57.3 Å². The first-order chi connectivity index (χ1) is 8.59. The molecule has 0 aliphatic rings. The fraction of sp³-hybridized carbons (Fsp3) is 0.143. The quantitative estimate of drug-likeness (QED) is 0.860. The lowest BCUT2D eigenvalue weighted by atomic mass is 9.96. The van der Waals surface area contributed by atoms with E-state index in [-0.39, 0.29) is 12.2 Å². The predicted molar refractivity (Wildman–Crippen MR) is 70.3 cm³/mol. The summed E-state index contributed by atoms with van der Waals surface area (Å²) in [6.45, 7) is 1.82. The van der Waals surface area contributed by atoms with E-state index in [1.165, 1.54) is 11.3 Å². The van der Waals surface area contributed by atoms with E-state index in [2.05, 4.69) is 0 Å². The van der Waals surface area contributed by atoms with Gasteiger partial charge in [-0.1, -0.05) is 24.3 Å². The van der Waals surface area contributed by atoms with E-state index < -0.39 is 5.97 Å². The van der Waals surface area contributed by atoms with Crippen LogP contribution >= 0.6 is 11.3 Å². The zero-order valence-electron chi connectivity index (χ0n) is 9.84. The molecule has 2 aromatic rings. The lowest BCUT2D eigenvalue weighted by molar-refractivity contribution is -0.136. The van der Waals surface area contributed by atoms with Gasteiger partial charge in [0.2, 0.25) is 5.78 Å². The van der Waals surface area contributed by atoms with E-state index in [9.17, 15) is 9.59 Å². The SMILES string of the molecule is Cc1cccc(C(=O)c2cccs2)c1CC(=O)O. The van der Waals surface area contributed by atoms with Crippen LogP contribution in [-0.2, 0) is 11.2 Å². The van der Waals surface area contributed by atoms with Crippen LogP contribution in [0.1, 0.15) is 26.4 Å². The van der Waals surface area contributed by atoms with Crippen molar-refractivity contribution in [1.29, 1.82) is 0 Å². The summed E-state index contributed by atoms with van der Waals surface area (Å²) in [5.74, 6) is -1.03. The highest BCUT2D eigenvalue weighted by Gasteiger charge is 2.17. The van der Waals surface area contributed by atoms with Gasteiger partial charge in [0.05, 0.1) is 11.3 Å². The van der Waals surface area contributed by atoms with Crippen LogP contribution in [0, 0.1) is 6.92 Å². The molecule has 3 nitrogen and oxygen atoms in total. The molecule has 0 amide bonds. The molecule has 0 unspecified atom stereocenters. The number of aliphatic carboxylic acids is 1. The average molecular weight is 260 g/mol. The molecule has 0 radical (unpaired) electrons. The Kier molecular flexibility index (Phi) is 3.58. The van der Waals surface area contributed by atoms with E-state index in [1.54, 1.807) is 18.2 Å². The van der Waals surface area contributed by atoms with Gasteiger partial charge in [0.15, 0.2) is 0 Å². The number of aryl methyl sites for hydroxylation is 1. The second-order valence-electron chi connectivity index (χ2n) is 3.98. The maximum atomic E-state index is 12.3. The van der Waals surface area contributed by atoms with Crippen LogP contribution in [0.4, 0.5) is 0 Å². The van der Waals surface area contributed by atoms with Gasteiger partial charge in [-0.05, 0) is 29.5 Å². The number of benzene rings is 1. The molecule has 0 saturated carbocycles. The Labute approximate surface area is 109 Å². The summed E-state index contributed by atoms with van der Waals surface area (Å²) in [7, 11) is 0. The number of carboxylic acids is 1. The van der Waals surface area contributed by atoms with Crippen LogP contribution in [-0.4, -0.2) is 16.9 Å². The minimum absolute atomic E-state index is 0.107. The van der Waals surface area contributed by atoms with Crippen LogP contribution < -0.4 is 0 Å². The summed E-state index contributed by atoms with van der Waals surface area (Å²) in [5, 5.41) is 10.8. The first kappa shape index (κ1) is 12.5. The number of thiophene rings is 1. The second kappa shape index (κ2) is 5.14. The highest BCUT2D eigenvalue weighted by Crippen LogP contribution is 2.21. The van der Waals surface area contributed by atoms with Crippen molar-refractivity contribution in [1.82, 2.24) is 0 Å². The van der Waals surface area contributed by atoms with Crippen molar-refractivity contribution in [2.45, 2.75) is 13.3 Å². The monoisotopic (exact) mass is 260 g/mol. The van der Waals surface area contributed by atoms with Gasteiger partial charge in [-0.15, -0.1) is 11.3 Å². The van der Waals surface area contributed by atoms with Gasteiger partial charge in [-0.25, -0.2) is 0 Å². The molecule has 0 atom stereocenters. The molecule has 2 rings (SSSR count). The third-order valence-electron chi connectivity index (χ3n) is 2.73. The van der Waals surface area contributed by atoms with Gasteiger partial charge < -0.3 is 5.11 Å². The molecule has 92 valence electrons. The molecule has 1 N–H and O–H groups in total. The highest BCUT2D eigenvalue weighted by atomic mass is 32.1. The third kappa shape index (κ3) is 2.49. The molecule has 1 aromatic heterocycles. The molecule has 18 heavy (non-hydrogen) atoms. The van der Waals surface area contributed by atoms with Crippen molar-refractivity contribution in [2.24, 2.45) is 0 Å². The van der Waals surface area contributed by atoms with E-state index in [4.69, 9.17) is 5.11 Å². The predicted octanol–water partition coefficient (Wildman–Crippen LogP) is 2.91. The Morgan fingerprint density at radius 3 is 2.61 bits per heavy atom. The lowest BCUT2D eigenvalue weighted by Crippen LogP contribution is -2.10. The molecule has 0 saturated heterocycles. The smallest absolute Gasteiger partial charge is 0.307 e. The Morgan fingerprint density at radius 2 is 2.00 bits per heavy atom. The van der Waals surface area contributed by atoms with Crippen LogP contribution in [0.25, 0.3) is 0 Å². The van der Waals surface area contributed by atoms with E-state index in [1.807, 2.05) is 24.4 Å². The van der Waals surface area contributed by atoms with Crippen molar-refractivity contribution >= 4 is 23.1 Å². The van der Waals surface area contributed by atoms with Gasteiger partial charge >= 0.3 is 5.97 Å². The standard InChI is InChI=1S/C14H12O3S/c1-9-4-2-5-10(11(9)8-13(15)16)14(17)12-6-3-7-18-12/h2-7H,8H2,1H3,(H,15,16). The lowest BCUT2D eigenvalue weighted by Gasteiger charge is -2.09. The Balaban J connectivity index is 2.47. The van der Waals surface area contributed by atoms with E-state index in [0.29, 0.717) is 16.0 Å². The number of ketones is 1. The summed E-state index contributed by atoms with van der Waals surface area (Å²) in [6.07, 6.45) is -0.126. The Bertz CT molecular complexity index is 585. The maximum Gasteiger partial charge on any atom is 0.307 e. The normalized spacial score (nSPS) is 10.3. The van der Waals surface area contributed by atoms with Gasteiger partial charge in [0.25, 0.3) is 0 Å². The molecule has 1 aromatic carbocycles. The molecule has 0 fully saturated rings. The topological polar surface area (TPSA) is 54.4 Å². The van der Waals surface area contributed by atoms with E-state index in [0.717, 1.165) is 5.56 Å². The minimum Gasteiger partial charge on any atom is -0.481 e. The molecule has 0 aliphatic carbocycles. The number of carbonyl (C=O) groups is 2. The Hall–Kier alpha value is -1.94. The first-order valence-electron chi connectivity index (χ1n) is 5.48. The van der Waals surface area contributed by atoms with Gasteiger partial charge in [0.1, 0.15) is 0 Å². The van der Waals surface area contributed by atoms with Crippen LogP contribution in [0.5, 0.6) is 0 Å². The summed E-state index contributed by atoms with van der Waals surface area (Å²) in [6, 6.07) is 8.85. The van der Waals surface area contributed by atoms with Crippen molar-refractivity contribution in [3.63, 3.8) is 0 Å². The number of hydrogen-bond donors (Lipinski definition) is 1.